The van der Waals surface area contributed by atoms with E-state index in [1.807, 2.05) is 6.07 Å². The Bertz CT molecular complexity index is 838. The summed E-state index contributed by atoms with van der Waals surface area (Å²) in [4.78, 5) is 2.98. The lowest BCUT2D eigenvalue weighted by atomic mass is 10.2. The fourth-order valence-electron chi connectivity index (χ4n) is 1.99. The van der Waals surface area contributed by atoms with Gasteiger partial charge in [0.05, 0.1) is 21.7 Å². The lowest BCUT2D eigenvalue weighted by molar-refractivity contribution is 0.619. The summed E-state index contributed by atoms with van der Waals surface area (Å²) in [7, 11) is 0. The van der Waals surface area contributed by atoms with Crippen LogP contribution in [-0.4, -0.2) is 9.55 Å². The average molecular weight is 313 g/mol. The summed E-state index contributed by atoms with van der Waals surface area (Å²) in [5, 5.41) is 0.972. The second kappa shape index (κ2) is 4.63. The lowest BCUT2D eigenvalue weighted by Crippen LogP contribution is -1.97. The normalized spacial score (nSPS) is 11.1. The number of nitrogens with one attached hydrogen (secondary N) is 1. The molecule has 1 heterocycles. The summed E-state index contributed by atoms with van der Waals surface area (Å²) in [6, 6.07) is 9.67. The topological polar surface area (TPSA) is 20.7 Å². The molecule has 2 aromatic carbocycles. The van der Waals surface area contributed by atoms with Gasteiger partial charge in [0.2, 0.25) is 0 Å². The molecule has 19 heavy (non-hydrogen) atoms. The number of para-hydroxylation sites is 1. The number of fused-ring (bicyclic) bond motifs is 1. The van der Waals surface area contributed by atoms with Crippen LogP contribution in [0.4, 0.5) is 4.39 Å². The van der Waals surface area contributed by atoms with Crippen LogP contribution in [0.2, 0.25) is 10.0 Å². The highest BCUT2D eigenvalue weighted by Crippen LogP contribution is 2.27. The molecule has 0 amide bonds. The molecule has 0 radical (unpaired) electrons. The molecule has 3 rings (SSSR count). The zero-order valence-corrected chi connectivity index (χ0v) is 11.8. The second-order valence-electron chi connectivity index (χ2n) is 4.00. The molecule has 0 saturated heterocycles. The third-order valence-corrected chi connectivity index (χ3v) is 3.65. The van der Waals surface area contributed by atoms with Gasteiger partial charge in [-0.3, -0.25) is 4.57 Å². The minimum Gasteiger partial charge on any atom is -0.329 e. The number of hydrogen-bond acceptors (Lipinski definition) is 1. The van der Waals surface area contributed by atoms with E-state index in [9.17, 15) is 4.39 Å². The molecule has 0 aliphatic carbocycles. The van der Waals surface area contributed by atoms with Gasteiger partial charge in [-0.25, -0.2) is 4.39 Å². The average Bonchev–Trinajstić information content (AvgIpc) is 2.70. The van der Waals surface area contributed by atoms with E-state index in [4.69, 9.17) is 35.4 Å². The number of aromatic nitrogens is 2. The summed E-state index contributed by atoms with van der Waals surface area (Å²) in [5.41, 5.74) is 1.68. The fraction of sp³-hybridized carbons (Fsp3) is 0. The van der Waals surface area contributed by atoms with Gasteiger partial charge in [-0.2, -0.15) is 0 Å². The summed E-state index contributed by atoms with van der Waals surface area (Å²) >= 11 is 17.2. The highest BCUT2D eigenvalue weighted by atomic mass is 35.5. The largest absolute Gasteiger partial charge is 0.329 e. The Morgan fingerprint density at radius 3 is 2.74 bits per heavy atom. The van der Waals surface area contributed by atoms with E-state index in [-0.39, 0.29) is 0 Å². The Morgan fingerprint density at radius 2 is 1.95 bits per heavy atom. The van der Waals surface area contributed by atoms with E-state index in [0.29, 0.717) is 31.5 Å². The Hall–Kier alpha value is -1.36. The first-order valence-electron chi connectivity index (χ1n) is 5.42. The highest BCUT2D eigenvalue weighted by molar-refractivity contribution is 7.71. The molecule has 96 valence electrons. The zero-order valence-electron chi connectivity index (χ0n) is 9.45. The summed E-state index contributed by atoms with van der Waals surface area (Å²) in [6.45, 7) is 0. The Morgan fingerprint density at radius 1 is 1.16 bits per heavy atom. The van der Waals surface area contributed by atoms with Crippen molar-refractivity contribution in [2.75, 3.05) is 0 Å². The third-order valence-electron chi connectivity index (χ3n) is 2.82. The minimum atomic E-state index is -0.402. The van der Waals surface area contributed by atoms with Crippen molar-refractivity contribution in [2.24, 2.45) is 0 Å². The number of benzene rings is 2. The number of imidazole rings is 1. The molecule has 0 spiro atoms. The van der Waals surface area contributed by atoms with E-state index in [1.165, 1.54) is 18.2 Å². The van der Waals surface area contributed by atoms with Crippen LogP contribution >= 0.6 is 35.4 Å². The molecule has 6 heteroatoms. The molecule has 0 unspecified atom stereocenters. The van der Waals surface area contributed by atoms with Crippen LogP contribution in [0, 0.1) is 10.6 Å². The first-order chi connectivity index (χ1) is 9.08. The summed E-state index contributed by atoms with van der Waals surface area (Å²) < 4.78 is 15.9. The van der Waals surface area contributed by atoms with Crippen molar-refractivity contribution in [1.29, 1.82) is 0 Å². The number of aromatic amines is 1. The van der Waals surface area contributed by atoms with Crippen molar-refractivity contribution in [3.63, 3.8) is 0 Å². The molecular weight excluding hydrogens is 306 g/mol. The van der Waals surface area contributed by atoms with E-state index in [0.717, 1.165) is 0 Å². The third kappa shape index (κ3) is 2.06. The Labute approximate surface area is 123 Å². The van der Waals surface area contributed by atoms with Gasteiger partial charge in [0.25, 0.3) is 0 Å². The Balaban J connectivity index is 2.43. The van der Waals surface area contributed by atoms with Crippen molar-refractivity contribution in [3.8, 4) is 5.69 Å². The van der Waals surface area contributed by atoms with Crippen LogP contribution in [0.25, 0.3) is 16.7 Å². The maximum atomic E-state index is 14.0. The van der Waals surface area contributed by atoms with E-state index in [1.54, 1.807) is 16.7 Å². The standard InChI is InChI=1S/C13H7Cl2FN2S/c14-7-4-5-9(16)11(6-7)18-10-3-1-2-8(15)12(10)17-13(18)19/h1-6H,(H,17,19). The molecule has 0 fully saturated rings. The number of rotatable bonds is 1. The van der Waals surface area contributed by atoms with Gasteiger partial charge in [-0.15, -0.1) is 0 Å². The van der Waals surface area contributed by atoms with Crippen LogP contribution in [0.3, 0.4) is 0 Å². The van der Waals surface area contributed by atoms with Crippen molar-refractivity contribution in [3.05, 3.63) is 57.0 Å². The van der Waals surface area contributed by atoms with E-state index >= 15 is 0 Å². The van der Waals surface area contributed by atoms with Crippen molar-refractivity contribution in [1.82, 2.24) is 9.55 Å². The first-order valence-corrected chi connectivity index (χ1v) is 6.59. The number of halogens is 3. The summed E-state index contributed by atoms with van der Waals surface area (Å²) in [5.74, 6) is -0.402. The van der Waals surface area contributed by atoms with Crippen LogP contribution < -0.4 is 0 Å². The first kappa shape index (κ1) is 12.7. The fourth-order valence-corrected chi connectivity index (χ4v) is 2.67. The maximum Gasteiger partial charge on any atom is 0.182 e. The van der Waals surface area contributed by atoms with Gasteiger partial charge >= 0.3 is 0 Å². The zero-order chi connectivity index (χ0) is 13.6. The van der Waals surface area contributed by atoms with Crippen LogP contribution in [0.15, 0.2) is 36.4 Å². The number of nitrogens with zero attached hydrogens (tertiary/aromatic N) is 1. The second-order valence-corrected chi connectivity index (χ2v) is 5.23. The Kier molecular flexibility index (Phi) is 3.09. The van der Waals surface area contributed by atoms with Gasteiger partial charge in [-0.1, -0.05) is 29.3 Å². The molecule has 0 aliphatic rings. The monoisotopic (exact) mass is 312 g/mol. The van der Waals surface area contributed by atoms with Gasteiger partial charge in [0, 0.05) is 5.02 Å². The molecule has 1 N–H and O–H groups in total. The molecule has 3 aromatic rings. The smallest absolute Gasteiger partial charge is 0.182 e. The number of hydrogen-bond donors (Lipinski definition) is 1. The van der Waals surface area contributed by atoms with Crippen LogP contribution in [0.1, 0.15) is 0 Å². The molecule has 0 atom stereocenters. The minimum absolute atomic E-state index is 0.297. The molecule has 0 saturated carbocycles. The highest BCUT2D eigenvalue weighted by Gasteiger charge is 2.12. The molecule has 0 aliphatic heterocycles. The molecular formula is C13H7Cl2FN2S. The van der Waals surface area contributed by atoms with Crippen LogP contribution in [-0.2, 0) is 0 Å². The quantitative estimate of drug-likeness (QED) is 0.617. The SMILES string of the molecule is Fc1ccc(Cl)cc1-n1c(=S)[nH]c2c(Cl)cccc21. The van der Waals surface area contributed by atoms with E-state index in [2.05, 4.69) is 4.98 Å². The van der Waals surface area contributed by atoms with Gasteiger partial charge < -0.3 is 4.98 Å². The van der Waals surface area contributed by atoms with Crippen molar-refractivity contribution < 1.29 is 4.39 Å². The lowest BCUT2D eigenvalue weighted by Gasteiger charge is -2.06. The summed E-state index contributed by atoms with van der Waals surface area (Å²) in [6.07, 6.45) is 0. The van der Waals surface area contributed by atoms with Crippen LogP contribution in [0.5, 0.6) is 0 Å². The number of H-pyrrole nitrogens is 1. The molecule has 1 aromatic heterocycles. The molecule has 0 bridgehead atoms. The van der Waals surface area contributed by atoms with Gasteiger partial charge in [-0.05, 0) is 42.5 Å². The van der Waals surface area contributed by atoms with Gasteiger partial charge in [0.1, 0.15) is 5.82 Å². The van der Waals surface area contributed by atoms with Gasteiger partial charge in [0.15, 0.2) is 4.77 Å². The predicted molar refractivity (Wildman–Crippen MR) is 78.4 cm³/mol. The molecule has 2 nitrogen and oxygen atoms in total. The van der Waals surface area contributed by atoms with Crippen molar-refractivity contribution in [2.45, 2.75) is 0 Å². The van der Waals surface area contributed by atoms with Crippen molar-refractivity contribution >= 4 is 46.5 Å². The predicted octanol–water partition coefficient (Wildman–Crippen LogP) is 5.13. The maximum absolute atomic E-state index is 14.0. The van der Waals surface area contributed by atoms with E-state index < -0.39 is 5.82 Å².